The van der Waals surface area contributed by atoms with Gasteiger partial charge in [-0.25, -0.2) is 4.79 Å². The summed E-state index contributed by atoms with van der Waals surface area (Å²) in [4.78, 5) is 12.4. The van der Waals surface area contributed by atoms with Crippen LogP contribution in [-0.2, 0) is 0 Å². The Hall–Kier alpha value is -3.25. The second-order valence-electron chi connectivity index (χ2n) is 9.37. The number of aromatic nitrogens is 2. The fourth-order valence-electron chi connectivity index (χ4n) is 5.32. The van der Waals surface area contributed by atoms with E-state index in [1.165, 1.54) is 6.07 Å². The molecule has 168 valence electrons. The van der Waals surface area contributed by atoms with Crippen molar-refractivity contribution in [3.63, 3.8) is 0 Å². The molecule has 0 fully saturated rings. The van der Waals surface area contributed by atoms with Gasteiger partial charge in [0, 0.05) is 34.4 Å². The first-order valence-corrected chi connectivity index (χ1v) is 11.4. The second kappa shape index (κ2) is 6.87. The Balaban J connectivity index is 1.69. The summed E-state index contributed by atoms with van der Waals surface area (Å²) in [6.07, 6.45) is 0. The number of ether oxygens (including phenoxy) is 2. The molecule has 6 rings (SSSR count). The van der Waals surface area contributed by atoms with Crippen LogP contribution in [0.2, 0.25) is 5.02 Å². The number of nitrogens with zero attached hydrogens (tertiary/aromatic N) is 2. The summed E-state index contributed by atoms with van der Waals surface area (Å²) in [6, 6.07) is 13.0. The first kappa shape index (κ1) is 20.4. The van der Waals surface area contributed by atoms with Crippen molar-refractivity contribution >= 4 is 22.6 Å². The van der Waals surface area contributed by atoms with Crippen molar-refractivity contribution in [3.8, 4) is 17.3 Å². The normalized spacial score (nSPS) is 20.4. The summed E-state index contributed by atoms with van der Waals surface area (Å²) in [5, 5.41) is 6.33. The average Bonchev–Trinajstić information content (AvgIpc) is 3.08. The molecule has 2 aliphatic heterocycles. The summed E-state index contributed by atoms with van der Waals surface area (Å²) >= 11 is 6.53. The molecule has 2 aromatic heterocycles. The third-order valence-corrected chi connectivity index (χ3v) is 7.28. The van der Waals surface area contributed by atoms with Gasteiger partial charge in [0.05, 0.1) is 23.0 Å². The predicted molar refractivity (Wildman–Crippen MR) is 126 cm³/mol. The van der Waals surface area contributed by atoms with Crippen molar-refractivity contribution in [2.45, 2.75) is 39.2 Å². The smallest absolute Gasteiger partial charge is 0.336 e. The number of halogens is 1. The monoisotopic (exact) mass is 462 g/mol. The summed E-state index contributed by atoms with van der Waals surface area (Å²) in [7, 11) is 0. The van der Waals surface area contributed by atoms with Crippen molar-refractivity contribution in [2.24, 2.45) is 5.92 Å². The van der Waals surface area contributed by atoms with Crippen LogP contribution in [0, 0.1) is 19.8 Å². The number of aryl methyl sites for hydroxylation is 2. The van der Waals surface area contributed by atoms with Gasteiger partial charge in [-0.3, -0.25) is 0 Å². The van der Waals surface area contributed by atoms with Gasteiger partial charge >= 0.3 is 5.63 Å². The van der Waals surface area contributed by atoms with E-state index in [4.69, 9.17) is 30.6 Å². The fraction of sp³-hybridized carbons (Fsp3) is 0.308. The molecular weight excluding hydrogens is 440 g/mol. The minimum Gasteiger partial charge on any atom is -0.493 e. The molecule has 0 N–H and O–H groups in total. The van der Waals surface area contributed by atoms with Crippen molar-refractivity contribution in [1.82, 2.24) is 9.78 Å². The molecule has 4 heterocycles. The Morgan fingerprint density at radius 2 is 1.91 bits per heavy atom. The molecule has 0 saturated heterocycles. The Morgan fingerprint density at radius 1 is 1.12 bits per heavy atom. The van der Waals surface area contributed by atoms with E-state index in [9.17, 15) is 4.79 Å². The maximum atomic E-state index is 12.4. The number of hydrogen-bond donors (Lipinski definition) is 0. The number of para-hydroxylation sites is 1. The van der Waals surface area contributed by atoms with Gasteiger partial charge < -0.3 is 13.9 Å². The van der Waals surface area contributed by atoms with Gasteiger partial charge in [-0.15, -0.1) is 0 Å². The minimum absolute atomic E-state index is 0.00323. The van der Waals surface area contributed by atoms with Crippen molar-refractivity contribution in [3.05, 3.63) is 80.3 Å². The van der Waals surface area contributed by atoms with Crippen LogP contribution in [0.3, 0.4) is 0 Å². The molecule has 2 aromatic carbocycles. The summed E-state index contributed by atoms with van der Waals surface area (Å²) in [6.45, 7) is 8.52. The number of hydrogen-bond acceptors (Lipinski definition) is 5. The number of rotatable bonds is 1. The quantitative estimate of drug-likeness (QED) is 0.346. The number of fused-ring (bicyclic) bond motifs is 7. The largest absolute Gasteiger partial charge is 0.493 e. The predicted octanol–water partition coefficient (Wildman–Crippen LogP) is 5.56. The highest BCUT2D eigenvalue weighted by Crippen LogP contribution is 2.55. The highest BCUT2D eigenvalue weighted by atomic mass is 35.5. The first-order valence-electron chi connectivity index (χ1n) is 11.0. The lowest BCUT2D eigenvalue weighted by Crippen LogP contribution is -2.49. The molecule has 0 aliphatic carbocycles. The third kappa shape index (κ3) is 2.86. The van der Waals surface area contributed by atoms with Gasteiger partial charge in [-0.1, -0.05) is 23.7 Å². The SMILES string of the molecule is Cc1nn(-c2ccccc2Cl)c2c1[C@H]1c3c(ccc4c(C)cc(=O)oc34)OC[C@H]1C(C)(C)O2. The third-order valence-electron chi connectivity index (χ3n) is 6.96. The van der Waals surface area contributed by atoms with E-state index >= 15 is 0 Å². The molecule has 2 atom stereocenters. The van der Waals surface area contributed by atoms with Gasteiger partial charge in [0.2, 0.25) is 5.88 Å². The van der Waals surface area contributed by atoms with Crippen LogP contribution >= 0.6 is 11.6 Å². The van der Waals surface area contributed by atoms with Crippen LogP contribution in [0.5, 0.6) is 11.6 Å². The highest BCUT2D eigenvalue weighted by molar-refractivity contribution is 6.32. The lowest BCUT2D eigenvalue weighted by molar-refractivity contribution is -0.0184. The van der Waals surface area contributed by atoms with E-state index in [0.717, 1.165) is 39.2 Å². The van der Waals surface area contributed by atoms with Crippen LogP contribution in [0.4, 0.5) is 0 Å². The maximum absolute atomic E-state index is 12.4. The lowest BCUT2D eigenvalue weighted by atomic mass is 9.70. The van der Waals surface area contributed by atoms with Crippen molar-refractivity contribution in [2.75, 3.05) is 6.61 Å². The Bertz CT molecular complexity index is 1500. The van der Waals surface area contributed by atoms with E-state index in [0.29, 0.717) is 23.1 Å². The van der Waals surface area contributed by atoms with Crippen LogP contribution in [-0.4, -0.2) is 22.0 Å². The summed E-state index contributed by atoms with van der Waals surface area (Å²) in [5.41, 5.74) is 3.96. The second-order valence-corrected chi connectivity index (χ2v) is 9.78. The molecule has 6 nitrogen and oxygen atoms in total. The molecule has 4 aromatic rings. The van der Waals surface area contributed by atoms with E-state index in [-0.39, 0.29) is 17.5 Å². The van der Waals surface area contributed by atoms with Gasteiger partial charge in [0.25, 0.3) is 0 Å². The van der Waals surface area contributed by atoms with Crippen LogP contribution in [0.15, 0.2) is 51.7 Å². The van der Waals surface area contributed by atoms with E-state index in [1.807, 2.05) is 50.2 Å². The molecule has 0 radical (unpaired) electrons. The van der Waals surface area contributed by atoms with Crippen LogP contribution in [0.25, 0.3) is 16.7 Å². The van der Waals surface area contributed by atoms with Crippen molar-refractivity contribution in [1.29, 1.82) is 0 Å². The zero-order chi connectivity index (χ0) is 23.1. The molecule has 7 heteroatoms. The zero-order valence-corrected chi connectivity index (χ0v) is 19.6. The number of benzene rings is 2. The van der Waals surface area contributed by atoms with Gasteiger partial charge in [0.15, 0.2) is 0 Å². The molecule has 2 aliphatic rings. The summed E-state index contributed by atoms with van der Waals surface area (Å²) in [5.74, 6) is 1.27. The molecular formula is C26H23ClN2O4. The standard InChI is InChI=1S/C26H23ClN2O4/c1-13-11-20(30)32-24-15(13)9-10-19-23(24)22-16(12-31-19)26(3,4)33-25-21(22)14(2)28-29(25)18-8-6-5-7-17(18)27/h5-11,16,22H,12H2,1-4H3/t16-,22+/m1/s1. The van der Waals surface area contributed by atoms with Gasteiger partial charge in [-0.05, 0) is 57.5 Å². The van der Waals surface area contributed by atoms with Crippen molar-refractivity contribution < 1.29 is 13.9 Å². The lowest BCUT2D eigenvalue weighted by Gasteiger charge is -2.46. The molecule has 0 saturated carbocycles. The van der Waals surface area contributed by atoms with Gasteiger partial charge in [-0.2, -0.15) is 9.78 Å². The topological polar surface area (TPSA) is 66.5 Å². The minimum atomic E-state index is -0.562. The molecule has 0 spiro atoms. The summed E-state index contributed by atoms with van der Waals surface area (Å²) < 4.78 is 20.4. The average molecular weight is 463 g/mol. The van der Waals surface area contributed by atoms with E-state index in [1.54, 1.807) is 4.68 Å². The first-order chi connectivity index (χ1) is 15.8. The highest BCUT2D eigenvalue weighted by Gasteiger charge is 2.51. The maximum Gasteiger partial charge on any atom is 0.336 e. The fourth-order valence-corrected chi connectivity index (χ4v) is 5.53. The Labute approximate surface area is 195 Å². The van der Waals surface area contributed by atoms with Gasteiger partial charge in [0.1, 0.15) is 16.9 Å². The molecule has 0 unspecified atom stereocenters. The molecule has 0 bridgehead atoms. The van der Waals surface area contributed by atoms with Crippen LogP contribution in [0.1, 0.15) is 42.1 Å². The molecule has 33 heavy (non-hydrogen) atoms. The molecule has 0 amide bonds. The zero-order valence-electron chi connectivity index (χ0n) is 18.8. The van der Waals surface area contributed by atoms with Crippen LogP contribution < -0.4 is 15.1 Å². The van der Waals surface area contributed by atoms with E-state index < -0.39 is 5.60 Å². The van der Waals surface area contributed by atoms with E-state index in [2.05, 4.69) is 13.8 Å². The Morgan fingerprint density at radius 3 is 2.70 bits per heavy atom. The Kier molecular flexibility index (Phi) is 4.24.